The molecule has 0 saturated heterocycles. The first-order chi connectivity index (χ1) is 9.70. The lowest BCUT2D eigenvalue weighted by molar-refractivity contribution is -0.116. The Morgan fingerprint density at radius 3 is 2.85 bits per heavy atom. The number of aryl methyl sites for hydroxylation is 1. The van der Waals surface area contributed by atoms with Crippen LogP contribution in [0.2, 0.25) is 0 Å². The van der Waals surface area contributed by atoms with E-state index in [4.69, 9.17) is 4.52 Å². The van der Waals surface area contributed by atoms with Gasteiger partial charge in [-0.15, -0.1) is 0 Å². The van der Waals surface area contributed by atoms with Gasteiger partial charge >= 0.3 is 0 Å². The first-order valence-corrected chi connectivity index (χ1v) is 6.55. The topological polar surface area (TPSA) is 80.0 Å². The highest BCUT2D eigenvalue weighted by Crippen LogP contribution is 2.26. The van der Waals surface area contributed by atoms with Crippen LogP contribution >= 0.6 is 0 Å². The molecule has 1 heterocycles. The minimum absolute atomic E-state index is 0.0241. The van der Waals surface area contributed by atoms with Crippen molar-refractivity contribution >= 4 is 11.6 Å². The average molecular weight is 274 g/mol. The zero-order chi connectivity index (χ0) is 14.4. The fourth-order valence-electron chi connectivity index (χ4n) is 1.82. The number of carbonyl (C=O) groups is 1. The van der Waals surface area contributed by atoms with Gasteiger partial charge in [-0.1, -0.05) is 17.3 Å². The molecule has 0 bridgehead atoms. The van der Waals surface area contributed by atoms with Gasteiger partial charge in [0.25, 0.3) is 5.89 Å². The predicted octanol–water partition coefficient (Wildman–Crippen LogP) is 1.98. The Kier molecular flexibility index (Phi) is 4.84. The van der Waals surface area contributed by atoms with E-state index in [1.54, 1.807) is 6.92 Å². The fraction of sp³-hybridized carbons (Fsp3) is 0.357. The van der Waals surface area contributed by atoms with Crippen molar-refractivity contribution < 1.29 is 9.32 Å². The van der Waals surface area contributed by atoms with Crippen molar-refractivity contribution in [3.8, 4) is 11.5 Å². The highest BCUT2D eigenvalue weighted by molar-refractivity contribution is 5.94. The van der Waals surface area contributed by atoms with Gasteiger partial charge in [0.05, 0.1) is 11.3 Å². The Morgan fingerprint density at radius 1 is 1.35 bits per heavy atom. The van der Waals surface area contributed by atoms with E-state index in [2.05, 4.69) is 20.8 Å². The molecule has 0 spiro atoms. The first-order valence-electron chi connectivity index (χ1n) is 6.55. The van der Waals surface area contributed by atoms with Crippen LogP contribution in [0.15, 0.2) is 28.8 Å². The maximum absolute atomic E-state index is 11.9. The average Bonchev–Trinajstić information content (AvgIpc) is 2.86. The summed E-state index contributed by atoms with van der Waals surface area (Å²) in [5.74, 6) is 0.952. The fourth-order valence-corrected chi connectivity index (χ4v) is 1.82. The van der Waals surface area contributed by atoms with Crippen LogP contribution in [0.25, 0.3) is 11.5 Å². The summed E-state index contributed by atoms with van der Waals surface area (Å²) in [4.78, 5) is 16.1. The molecule has 20 heavy (non-hydrogen) atoms. The van der Waals surface area contributed by atoms with E-state index in [9.17, 15) is 4.79 Å². The maximum Gasteiger partial charge on any atom is 0.260 e. The number of carbonyl (C=O) groups excluding carboxylic acids is 1. The van der Waals surface area contributed by atoms with Crippen LogP contribution in [0.5, 0.6) is 0 Å². The second kappa shape index (κ2) is 6.81. The summed E-state index contributed by atoms with van der Waals surface area (Å²) in [7, 11) is 1.87. The molecule has 1 amide bonds. The maximum atomic E-state index is 11.9. The highest BCUT2D eigenvalue weighted by Gasteiger charge is 2.12. The largest absolute Gasteiger partial charge is 0.334 e. The van der Waals surface area contributed by atoms with E-state index in [0.29, 0.717) is 23.8 Å². The Morgan fingerprint density at radius 2 is 2.15 bits per heavy atom. The normalized spacial score (nSPS) is 10.5. The summed E-state index contributed by atoms with van der Waals surface area (Å²) >= 11 is 0. The zero-order valence-corrected chi connectivity index (χ0v) is 11.6. The number of nitrogens with zero attached hydrogens (tertiary/aromatic N) is 2. The SMILES string of the molecule is CNCCCC(=O)Nc1ccccc1-c1nc(C)no1. The third-order valence-electron chi connectivity index (χ3n) is 2.79. The summed E-state index contributed by atoms with van der Waals surface area (Å²) in [5, 5.41) is 9.66. The molecule has 6 nitrogen and oxygen atoms in total. The van der Waals surface area contributed by atoms with E-state index >= 15 is 0 Å². The third kappa shape index (κ3) is 3.64. The van der Waals surface area contributed by atoms with Crippen molar-refractivity contribution in [3.63, 3.8) is 0 Å². The molecule has 2 rings (SSSR count). The lowest BCUT2D eigenvalue weighted by Gasteiger charge is -2.08. The minimum atomic E-state index is -0.0241. The van der Waals surface area contributed by atoms with Gasteiger partial charge in [0.1, 0.15) is 0 Å². The number of benzene rings is 1. The monoisotopic (exact) mass is 274 g/mol. The summed E-state index contributed by atoms with van der Waals surface area (Å²) in [5.41, 5.74) is 1.42. The van der Waals surface area contributed by atoms with Gasteiger partial charge in [0, 0.05) is 6.42 Å². The van der Waals surface area contributed by atoms with Gasteiger partial charge < -0.3 is 15.2 Å². The summed E-state index contributed by atoms with van der Waals surface area (Å²) < 4.78 is 5.15. The molecular formula is C14H18N4O2. The highest BCUT2D eigenvalue weighted by atomic mass is 16.5. The molecule has 0 aliphatic carbocycles. The van der Waals surface area contributed by atoms with Gasteiger partial charge in [0.2, 0.25) is 5.91 Å². The van der Waals surface area contributed by atoms with Crippen molar-refractivity contribution in [1.82, 2.24) is 15.5 Å². The lowest BCUT2D eigenvalue weighted by Crippen LogP contribution is -2.15. The number of hydrogen-bond acceptors (Lipinski definition) is 5. The number of para-hydroxylation sites is 1. The number of anilines is 1. The molecule has 1 aromatic carbocycles. The molecule has 0 aliphatic rings. The molecule has 6 heteroatoms. The number of hydrogen-bond donors (Lipinski definition) is 2. The van der Waals surface area contributed by atoms with E-state index in [0.717, 1.165) is 18.5 Å². The van der Waals surface area contributed by atoms with Gasteiger partial charge in [0.15, 0.2) is 5.82 Å². The minimum Gasteiger partial charge on any atom is -0.334 e. The molecule has 1 aromatic heterocycles. The zero-order valence-electron chi connectivity index (χ0n) is 11.6. The van der Waals surface area contributed by atoms with E-state index in [1.807, 2.05) is 31.3 Å². The lowest BCUT2D eigenvalue weighted by atomic mass is 10.1. The Bertz CT molecular complexity index is 580. The molecule has 2 N–H and O–H groups in total. The van der Waals surface area contributed by atoms with Crippen LogP contribution < -0.4 is 10.6 Å². The van der Waals surface area contributed by atoms with Crippen LogP contribution in [0.1, 0.15) is 18.7 Å². The second-order valence-corrected chi connectivity index (χ2v) is 4.45. The molecule has 2 aromatic rings. The molecule has 0 aliphatic heterocycles. The van der Waals surface area contributed by atoms with Crippen molar-refractivity contribution in [2.45, 2.75) is 19.8 Å². The molecule has 0 fully saturated rings. The standard InChI is InChI=1S/C14H18N4O2/c1-10-16-14(20-18-10)11-6-3-4-7-12(11)17-13(19)8-5-9-15-2/h3-4,6-7,15H,5,8-9H2,1-2H3,(H,17,19). The van der Waals surface area contributed by atoms with Crippen LogP contribution in [-0.4, -0.2) is 29.6 Å². The summed E-state index contributed by atoms with van der Waals surface area (Å²) in [6, 6.07) is 7.39. The van der Waals surface area contributed by atoms with Crippen LogP contribution in [-0.2, 0) is 4.79 Å². The molecule has 0 saturated carbocycles. The Labute approximate surface area is 117 Å². The number of aromatic nitrogens is 2. The third-order valence-corrected chi connectivity index (χ3v) is 2.79. The summed E-state index contributed by atoms with van der Waals surface area (Å²) in [6.07, 6.45) is 1.27. The van der Waals surface area contributed by atoms with Crippen molar-refractivity contribution in [1.29, 1.82) is 0 Å². The number of nitrogens with one attached hydrogen (secondary N) is 2. The molecule has 0 unspecified atom stereocenters. The Hall–Kier alpha value is -2.21. The smallest absolute Gasteiger partial charge is 0.260 e. The van der Waals surface area contributed by atoms with Crippen molar-refractivity contribution in [2.75, 3.05) is 18.9 Å². The van der Waals surface area contributed by atoms with Gasteiger partial charge in [-0.25, -0.2) is 0 Å². The van der Waals surface area contributed by atoms with Gasteiger partial charge in [-0.2, -0.15) is 4.98 Å². The molecule has 0 atom stereocenters. The Balaban J connectivity index is 2.10. The van der Waals surface area contributed by atoms with Crippen molar-refractivity contribution in [2.24, 2.45) is 0 Å². The summed E-state index contributed by atoms with van der Waals surface area (Å²) in [6.45, 7) is 2.57. The first kappa shape index (κ1) is 14.2. The van der Waals surface area contributed by atoms with E-state index in [1.165, 1.54) is 0 Å². The molecule has 0 radical (unpaired) electrons. The quantitative estimate of drug-likeness (QED) is 0.787. The number of amides is 1. The van der Waals surface area contributed by atoms with Gasteiger partial charge in [-0.3, -0.25) is 4.79 Å². The number of rotatable bonds is 6. The predicted molar refractivity (Wildman–Crippen MR) is 76.3 cm³/mol. The molecule has 106 valence electrons. The van der Waals surface area contributed by atoms with Gasteiger partial charge in [-0.05, 0) is 39.1 Å². The van der Waals surface area contributed by atoms with E-state index in [-0.39, 0.29) is 5.91 Å². The van der Waals surface area contributed by atoms with Crippen LogP contribution in [0, 0.1) is 6.92 Å². The van der Waals surface area contributed by atoms with Crippen LogP contribution in [0.4, 0.5) is 5.69 Å². The van der Waals surface area contributed by atoms with E-state index < -0.39 is 0 Å². The molecular weight excluding hydrogens is 256 g/mol. The second-order valence-electron chi connectivity index (χ2n) is 4.45. The van der Waals surface area contributed by atoms with Crippen LogP contribution in [0.3, 0.4) is 0 Å². The van der Waals surface area contributed by atoms with Crippen molar-refractivity contribution in [3.05, 3.63) is 30.1 Å².